The molecule has 0 fully saturated rings. The van der Waals surface area contributed by atoms with E-state index in [4.69, 9.17) is 0 Å². The molecule has 2 aliphatic rings. The number of hydrogen-bond acceptors (Lipinski definition) is 2. The third kappa shape index (κ3) is 2.30. The molecule has 0 aliphatic heterocycles. The van der Waals surface area contributed by atoms with E-state index < -0.39 is 20.8 Å². The Balaban J connectivity index is 2.63. The van der Waals surface area contributed by atoms with Gasteiger partial charge in [-0.15, -0.1) is 0 Å². The van der Waals surface area contributed by atoms with Crippen molar-refractivity contribution in [2.24, 2.45) is 0 Å². The van der Waals surface area contributed by atoms with Crippen LogP contribution in [-0.4, -0.2) is 33.9 Å². The summed E-state index contributed by atoms with van der Waals surface area (Å²) in [6.07, 6.45) is 11.6. The molecular formula is C16H26N2Zr. The minimum absolute atomic E-state index is 1.15. The molecule has 0 saturated heterocycles. The molecule has 2 aliphatic carbocycles. The zero-order valence-electron chi connectivity index (χ0n) is 13.1. The van der Waals surface area contributed by atoms with Crippen LogP contribution in [0.25, 0.3) is 0 Å². The Hall–Kier alpha value is -0.237. The van der Waals surface area contributed by atoms with Crippen molar-refractivity contribution >= 4 is 0 Å². The molecule has 0 amide bonds. The van der Waals surface area contributed by atoms with E-state index in [1.165, 1.54) is 11.1 Å². The van der Waals surface area contributed by atoms with Crippen molar-refractivity contribution in [1.82, 2.24) is 5.69 Å². The standard InChI is InChI=1S/2C6H7.2C2H6N.Zr/c2*1-6-4-2-3-5-6;2*1-3-2;/h2*2,4H,3H2,1H3;2*1-2H3;/q;;2*-1;+2. The molecule has 2 rings (SSSR count). The fourth-order valence-corrected chi connectivity index (χ4v) is 17.0. The third-order valence-corrected chi connectivity index (χ3v) is 17.9. The van der Waals surface area contributed by atoms with Crippen LogP contribution in [-0.2, 0) is 20.8 Å². The average Bonchev–Trinajstić information content (AvgIpc) is 2.90. The van der Waals surface area contributed by atoms with Gasteiger partial charge in [-0.25, -0.2) is 0 Å². The molecule has 0 aromatic heterocycles. The number of rotatable bonds is 4. The molecule has 104 valence electrons. The molecule has 0 atom stereocenters. The first-order valence-corrected chi connectivity index (χ1v) is 11.7. The van der Waals surface area contributed by atoms with Crippen LogP contribution < -0.4 is 0 Å². The van der Waals surface area contributed by atoms with Crippen LogP contribution in [0.1, 0.15) is 26.7 Å². The van der Waals surface area contributed by atoms with Gasteiger partial charge in [0.25, 0.3) is 0 Å². The zero-order valence-corrected chi connectivity index (χ0v) is 15.6. The summed E-state index contributed by atoms with van der Waals surface area (Å²) < 4.78 is 8.60. The second-order valence-corrected chi connectivity index (χ2v) is 16.7. The van der Waals surface area contributed by atoms with Gasteiger partial charge in [0.05, 0.1) is 0 Å². The van der Waals surface area contributed by atoms with Gasteiger partial charge in [-0.1, -0.05) is 0 Å². The van der Waals surface area contributed by atoms with E-state index >= 15 is 0 Å². The van der Waals surface area contributed by atoms with Crippen LogP contribution >= 0.6 is 0 Å². The fraction of sp³-hybridized carbons (Fsp3) is 0.500. The van der Waals surface area contributed by atoms with E-state index in [2.05, 4.69) is 72.0 Å². The van der Waals surface area contributed by atoms with Gasteiger partial charge in [0, 0.05) is 0 Å². The van der Waals surface area contributed by atoms with Crippen molar-refractivity contribution in [3.8, 4) is 0 Å². The molecule has 0 radical (unpaired) electrons. The van der Waals surface area contributed by atoms with Crippen LogP contribution in [0.15, 0.2) is 42.0 Å². The molecule has 0 aromatic carbocycles. The first-order chi connectivity index (χ1) is 8.92. The van der Waals surface area contributed by atoms with Crippen LogP contribution in [0.5, 0.6) is 0 Å². The van der Waals surface area contributed by atoms with Gasteiger partial charge in [-0.05, 0) is 0 Å². The quantitative estimate of drug-likeness (QED) is 0.774. The monoisotopic (exact) mass is 336 g/mol. The van der Waals surface area contributed by atoms with E-state index in [1.807, 2.05) is 0 Å². The van der Waals surface area contributed by atoms with Gasteiger partial charge in [0.15, 0.2) is 0 Å². The van der Waals surface area contributed by atoms with E-state index in [0.29, 0.717) is 0 Å². The summed E-state index contributed by atoms with van der Waals surface area (Å²) in [5.74, 6) is 0. The van der Waals surface area contributed by atoms with Gasteiger partial charge in [-0.2, -0.15) is 0 Å². The summed E-state index contributed by atoms with van der Waals surface area (Å²) in [5, 5.41) is 0. The normalized spacial score (nSPS) is 19.8. The summed E-state index contributed by atoms with van der Waals surface area (Å²) in [5.41, 5.74) is 3.01. The number of allylic oxidation sites excluding steroid dienone is 8. The van der Waals surface area contributed by atoms with Crippen molar-refractivity contribution in [2.45, 2.75) is 26.7 Å². The van der Waals surface area contributed by atoms with Crippen LogP contribution in [0.3, 0.4) is 0 Å². The predicted octanol–water partition coefficient (Wildman–Crippen LogP) is 3.56. The predicted molar refractivity (Wildman–Crippen MR) is 80.3 cm³/mol. The Bertz CT molecular complexity index is 447. The zero-order chi connectivity index (χ0) is 14.2. The Labute approximate surface area is 123 Å². The number of nitrogens with zero attached hydrogens (tertiary/aromatic N) is 2. The SMILES string of the molecule is CC1=[C]([Zr]([C]2=C(C)C=CC2)([N](C)C)[N](C)C)CC=C1. The maximum absolute atomic E-state index is 2.84. The van der Waals surface area contributed by atoms with Gasteiger partial charge < -0.3 is 0 Å². The molecule has 0 unspecified atom stereocenters. The Morgan fingerprint density at radius 2 is 1.16 bits per heavy atom. The maximum atomic E-state index is 2.58. The van der Waals surface area contributed by atoms with Crippen molar-refractivity contribution in [2.75, 3.05) is 28.2 Å². The van der Waals surface area contributed by atoms with Crippen molar-refractivity contribution in [1.29, 1.82) is 0 Å². The van der Waals surface area contributed by atoms with Gasteiger partial charge in [0.1, 0.15) is 0 Å². The Kier molecular flexibility index (Phi) is 4.50. The Morgan fingerprint density at radius 1 is 0.789 bits per heavy atom. The first kappa shape index (κ1) is 15.2. The van der Waals surface area contributed by atoms with E-state index in [0.717, 1.165) is 12.8 Å². The number of hydrogen-bond donors (Lipinski definition) is 0. The molecule has 0 aromatic rings. The van der Waals surface area contributed by atoms with Crippen LogP contribution in [0, 0.1) is 0 Å². The summed E-state index contributed by atoms with van der Waals surface area (Å²) in [6.45, 7) is 4.57. The van der Waals surface area contributed by atoms with Gasteiger partial charge in [0.2, 0.25) is 0 Å². The van der Waals surface area contributed by atoms with Crippen molar-refractivity contribution < 1.29 is 20.8 Å². The fourth-order valence-electron chi connectivity index (χ4n) is 3.73. The summed E-state index contributed by atoms with van der Waals surface area (Å²) in [6, 6.07) is 0. The van der Waals surface area contributed by atoms with E-state index in [9.17, 15) is 0 Å². The van der Waals surface area contributed by atoms with E-state index in [-0.39, 0.29) is 0 Å². The molecule has 0 N–H and O–H groups in total. The molecule has 0 saturated carbocycles. The topological polar surface area (TPSA) is 6.48 Å². The summed E-state index contributed by atoms with van der Waals surface area (Å²) >= 11 is -2.84. The van der Waals surface area contributed by atoms with Gasteiger partial charge >= 0.3 is 123 Å². The molecule has 3 heteroatoms. The van der Waals surface area contributed by atoms with E-state index in [1.54, 1.807) is 6.56 Å². The van der Waals surface area contributed by atoms with Crippen LogP contribution in [0.4, 0.5) is 0 Å². The summed E-state index contributed by atoms with van der Waals surface area (Å²) in [4.78, 5) is 0. The second-order valence-electron chi connectivity index (χ2n) is 6.00. The van der Waals surface area contributed by atoms with Gasteiger partial charge in [-0.3, -0.25) is 0 Å². The second kappa shape index (κ2) is 5.63. The molecule has 2 nitrogen and oxygen atoms in total. The van der Waals surface area contributed by atoms with Crippen molar-refractivity contribution in [3.05, 3.63) is 42.0 Å². The Morgan fingerprint density at radius 3 is 1.37 bits per heavy atom. The molecule has 19 heavy (non-hydrogen) atoms. The van der Waals surface area contributed by atoms with Crippen LogP contribution in [0.2, 0.25) is 0 Å². The molecular weight excluding hydrogens is 311 g/mol. The van der Waals surface area contributed by atoms with Crippen molar-refractivity contribution in [3.63, 3.8) is 0 Å². The molecule has 0 heterocycles. The average molecular weight is 338 g/mol. The third-order valence-electron chi connectivity index (χ3n) is 4.47. The molecule has 0 spiro atoms. The molecule has 0 bridgehead atoms. The summed E-state index contributed by atoms with van der Waals surface area (Å²) in [7, 11) is 9.14. The minimum atomic E-state index is -2.84. The first-order valence-electron chi connectivity index (χ1n) is 7.00.